The number of tetrazole rings is 1. The summed E-state index contributed by atoms with van der Waals surface area (Å²) < 4.78 is 35.2. The van der Waals surface area contributed by atoms with Gasteiger partial charge in [0.15, 0.2) is 6.54 Å². The molecule has 4 heterocycles. The van der Waals surface area contributed by atoms with Crippen molar-refractivity contribution in [3.05, 3.63) is 35.2 Å². The number of aromatic amines is 1. The number of benzene rings is 2. The molecule has 0 spiro atoms. The minimum absolute atomic E-state index is 0.0446. The first kappa shape index (κ1) is 31.7. The Kier molecular flexibility index (Phi) is 9.46. The van der Waals surface area contributed by atoms with Gasteiger partial charge in [0.25, 0.3) is 0 Å². The summed E-state index contributed by atoms with van der Waals surface area (Å²) in [6.07, 6.45) is -2.91. The highest BCUT2D eigenvalue weighted by Gasteiger charge is 2.29. The van der Waals surface area contributed by atoms with Gasteiger partial charge in [0, 0.05) is 50.4 Å². The Balaban J connectivity index is 0.000000493. The summed E-state index contributed by atoms with van der Waals surface area (Å²) in [7, 11) is 0. The van der Waals surface area contributed by atoms with E-state index in [0.29, 0.717) is 5.82 Å². The van der Waals surface area contributed by atoms with E-state index in [1.807, 2.05) is 11.3 Å². The second-order valence-electron chi connectivity index (χ2n) is 11.8. The number of carboxylic acid groups (broad SMARTS) is 1. The number of hydrogen-bond donors (Lipinski definition) is 3. The maximum absolute atomic E-state index is 10.5. The summed E-state index contributed by atoms with van der Waals surface area (Å²) in [4.78, 5) is 17.8. The first-order valence-electron chi connectivity index (χ1n) is 14.6. The number of nitrogens with one attached hydrogen (secondary N) is 3. The monoisotopic (exact) mass is 631 g/mol. The van der Waals surface area contributed by atoms with Crippen LogP contribution in [0.1, 0.15) is 39.2 Å². The van der Waals surface area contributed by atoms with Crippen molar-refractivity contribution >= 4 is 33.2 Å². The van der Waals surface area contributed by atoms with Crippen LogP contribution >= 0.6 is 11.3 Å². The Bertz CT molecular complexity index is 1630. The number of alkyl halides is 3. The van der Waals surface area contributed by atoms with Gasteiger partial charge in [-0.3, -0.25) is 0 Å². The number of carboxylic acids is 1. The van der Waals surface area contributed by atoms with Crippen LogP contribution in [0.5, 0.6) is 0 Å². The van der Waals surface area contributed by atoms with Crippen molar-refractivity contribution < 1.29 is 23.1 Å². The molecule has 2 saturated heterocycles. The highest BCUT2D eigenvalue weighted by Crippen LogP contribution is 2.41. The third-order valence-electron chi connectivity index (χ3n) is 7.60. The van der Waals surface area contributed by atoms with E-state index in [1.54, 1.807) is 0 Å². The number of fused-ring (bicyclic) bond motifs is 2. The van der Waals surface area contributed by atoms with Crippen LogP contribution in [0.15, 0.2) is 24.3 Å². The van der Waals surface area contributed by atoms with Crippen LogP contribution in [0.3, 0.4) is 0 Å². The fourth-order valence-electron chi connectivity index (χ4n) is 5.39. The van der Waals surface area contributed by atoms with Gasteiger partial charge in [-0.1, -0.05) is 20.8 Å². The Labute approximate surface area is 256 Å². The van der Waals surface area contributed by atoms with Gasteiger partial charge in [0.1, 0.15) is 12.5 Å². The number of aromatic nitrogens is 5. The van der Waals surface area contributed by atoms with Crippen molar-refractivity contribution in [2.45, 2.75) is 45.2 Å². The highest BCUT2D eigenvalue weighted by atomic mass is 32.1. The van der Waals surface area contributed by atoms with Gasteiger partial charge < -0.3 is 25.4 Å². The Morgan fingerprint density at radius 3 is 2.45 bits per heavy atom. The second kappa shape index (κ2) is 13.1. The minimum Gasteiger partial charge on any atom is -0.542 e. The number of rotatable bonds is 2. The molecule has 4 aliphatic rings. The lowest BCUT2D eigenvalue weighted by atomic mass is 9.85. The molecule has 3 N–H and O–H groups in total. The Morgan fingerprint density at radius 1 is 1.00 bits per heavy atom. The summed E-state index contributed by atoms with van der Waals surface area (Å²) in [6, 6.07) is 9.22. The first-order valence-corrected chi connectivity index (χ1v) is 15.4. The molecule has 2 aromatic rings. The van der Waals surface area contributed by atoms with Crippen molar-refractivity contribution in [2.24, 2.45) is 0 Å². The molecule has 0 atom stereocenters. The Morgan fingerprint density at radius 2 is 1.75 bits per heavy atom. The number of anilines is 1. The molecule has 15 heteroatoms. The summed E-state index contributed by atoms with van der Waals surface area (Å²) >= 11 is 1.83. The predicted octanol–water partition coefficient (Wildman–Crippen LogP) is 1.74. The third kappa shape index (κ3) is 7.33. The second-order valence-corrected chi connectivity index (χ2v) is 12.9. The normalized spacial score (nSPS) is 18.0. The minimum atomic E-state index is -5.19. The number of carbonyl (C=O) groups excluding carboxylic acids is 1. The number of nitrogens with zero attached hydrogens (tertiary/aromatic N) is 6. The van der Waals surface area contributed by atoms with E-state index in [2.05, 4.69) is 85.8 Å². The fraction of sp³-hybridized carbons (Fsp3) is 0.517. The van der Waals surface area contributed by atoms with Crippen molar-refractivity contribution in [3.8, 4) is 22.0 Å². The van der Waals surface area contributed by atoms with Gasteiger partial charge >= 0.3 is 6.18 Å². The average molecular weight is 632 g/mol. The Hall–Kier alpha value is -3.69. The van der Waals surface area contributed by atoms with E-state index >= 15 is 0 Å². The molecular formula is C29H36F3N9O2S. The molecule has 3 aliphatic heterocycles. The molecule has 1 aromatic heterocycles. The van der Waals surface area contributed by atoms with Crippen LogP contribution in [-0.2, 0) is 10.2 Å². The van der Waals surface area contributed by atoms with Crippen molar-refractivity contribution in [2.75, 3.05) is 57.3 Å². The lowest BCUT2D eigenvalue weighted by molar-refractivity contribution is -0.344. The first-order chi connectivity index (χ1) is 20.9. The SMILES string of the molecule is CC(C)(C)c1cc(N2CCCNCC2)cc2sc3cc(=[N+]4CCCNCC4)cc(-c4nn[nH]n4)c-3nc12.O=C([O-])C(F)(F)F. The van der Waals surface area contributed by atoms with Gasteiger partial charge in [0.05, 0.1) is 32.9 Å². The standard InChI is InChI=1S/C27H35N9S.C2HF3O2/c1-27(2,3)21-15-19(36-11-5-7-29-9-13-36)17-23-25(21)30-24-20(26-31-33-34-32-26)14-18(16-22(24)37-23)35-10-4-6-28-8-12-35;3-2(4,5)1(6)7/h14-17,28-29H,4-13H2,1-3H3;(H,6,7). The lowest BCUT2D eigenvalue weighted by Gasteiger charge is -2.27. The molecule has 6 rings (SSSR count). The van der Waals surface area contributed by atoms with Crippen LogP contribution in [0.25, 0.3) is 32.2 Å². The topological polar surface area (TPSA) is 138 Å². The summed E-state index contributed by atoms with van der Waals surface area (Å²) in [5.41, 5.74) is 5.46. The molecule has 0 bridgehead atoms. The molecular weight excluding hydrogens is 595 g/mol. The van der Waals surface area contributed by atoms with Gasteiger partial charge in [-0.25, -0.2) is 9.56 Å². The van der Waals surface area contributed by atoms with Gasteiger partial charge in [-0.05, 0) is 41.3 Å². The summed E-state index contributed by atoms with van der Waals surface area (Å²) in [5, 5.41) is 32.2. The van der Waals surface area contributed by atoms with E-state index in [-0.39, 0.29) is 5.41 Å². The molecule has 1 aromatic carbocycles. The molecule has 11 nitrogen and oxygen atoms in total. The molecule has 2 fully saturated rings. The zero-order chi connectivity index (χ0) is 31.5. The maximum atomic E-state index is 10.5. The van der Waals surface area contributed by atoms with Crippen LogP contribution in [0.4, 0.5) is 18.9 Å². The van der Waals surface area contributed by atoms with Crippen LogP contribution in [0, 0.1) is 0 Å². The zero-order valence-electron chi connectivity index (χ0n) is 24.9. The largest absolute Gasteiger partial charge is 0.542 e. The van der Waals surface area contributed by atoms with Crippen LogP contribution in [0.2, 0.25) is 0 Å². The summed E-state index contributed by atoms with van der Waals surface area (Å²) in [6.45, 7) is 15.1. The van der Waals surface area contributed by atoms with Crippen LogP contribution in [-0.4, -0.2) is 90.1 Å². The fourth-order valence-corrected chi connectivity index (χ4v) is 6.50. The van der Waals surface area contributed by atoms with E-state index in [4.69, 9.17) is 14.9 Å². The van der Waals surface area contributed by atoms with Crippen molar-refractivity contribution in [1.82, 2.24) is 40.8 Å². The van der Waals surface area contributed by atoms with Gasteiger partial charge in [0.2, 0.25) is 11.2 Å². The number of H-pyrrole nitrogens is 1. The quantitative estimate of drug-likeness (QED) is 0.223. The molecule has 0 unspecified atom stereocenters. The smallest absolute Gasteiger partial charge is 0.430 e. The average Bonchev–Trinajstić information content (AvgIpc) is 3.18. The molecule has 44 heavy (non-hydrogen) atoms. The summed E-state index contributed by atoms with van der Waals surface area (Å²) in [5.74, 6) is -2.42. The van der Waals surface area contributed by atoms with Gasteiger partial charge in [-0.2, -0.15) is 18.4 Å². The number of carbonyl (C=O) groups is 1. The van der Waals surface area contributed by atoms with Crippen LogP contribution < -0.4 is 30.6 Å². The zero-order valence-corrected chi connectivity index (χ0v) is 25.7. The molecule has 0 amide bonds. The molecule has 1 aliphatic carbocycles. The van der Waals surface area contributed by atoms with E-state index in [0.717, 1.165) is 86.9 Å². The lowest BCUT2D eigenvalue weighted by Crippen LogP contribution is -2.37. The predicted molar refractivity (Wildman–Crippen MR) is 161 cm³/mol. The molecule has 0 radical (unpaired) electrons. The van der Waals surface area contributed by atoms with Crippen molar-refractivity contribution in [1.29, 1.82) is 0 Å². The van der Waals surface area contributed by atoms with Gasteiger partial charge in [-0.15, -0.1) is 21.5 Å². The van der Waals surface area contributed by atoms with Crippen molar-refractivity contribution in [3.63, 3.8) is 0 Å². The van der Waals surface area contributed by atoms with E-state index in [9.17, 15) is 13.2 Å². The molecule has 0 saturated carbocycles. The van der Waals surface area contributed by atoms with E-state index < -0.39 is 12.1 Å². The third-order valence-corrected chi connectivity index (χ3v) is 8.66. The number of hydrogen-bond acceptors (Lipinski definition) is 10. The number of halogens is 3. The highest BCUT2D eigenvalue weighted by molar-refractivity contribution is 7.21. The maximum Gasteiger partial charge on any atom is 0.430 e. The molecule has 236 valence electrons. The van der Waals surface area contributed by atoms with E-state index in [1.165, 1.54) is 21.3 Å². The number of aliphatic carboxylic acids is 1.